The van der Waals surface area contributed by atoms with Gasteiger partial charge in [0, 0.05) is 10.0 Å². The Morgan fingerprint density at radius 1 is 1.00 bits per heavy atom. The largest absolute Gasteiger partial charge is 0.493 e. The molecule has 0 radical (unpaired) electrons. The van der Waals surface area contributed by atoms with E-state index in [9.17, 15) is 4.79 Å². The van der Waals surface area contributed by atoms with Gasteiger partial charge in [0.2, 0.25) is 0 Å². The van der Waals surface area contributed by atoms with Crippen LogP contribution in [0.1, 0.15) is 16.7 Å². The summed E-state index contributed by atoms with van der Waals surface area (Å²) in [6, 6.07) is 21.2. The van der Waals surface area contributed by atoms with Gasteiger partial charge < -0.3 is 14.2 Å². The van der Waals surface area contributed by atoms with E-state index in [-0.39, 0.29) is 0 Å². The SMILES string of the molecule is COc1cc(/C=C2\C=C(c3ccc(Br)cc3)OC2=O)cc(Br)c1OCc1ccccc1. The lowest BCUT2D eigenvalue weighted by atomic mass is 10.1. The molecule has 1 aliphatic heterocycles. The molecule has 4 nitrogen and oxygen atoms in total. The number of benzene rings is 3. The first-order valence-corrected chi connectivity index (χ1v) is 11.1. The van der Waals surface area contributed by atoms with Gasteiger partial charge in [0.15, 0.2) is 11.5 Å². The van der Waals surface area contributed by atoms with Crippen LogP contribution >= 0.6 is 31.9 Å². The molecule has 0 saturated carbocycles. The molecule has 3 aromatic rings. The predicted molar refractivity (Wildman–Crippen MR) is 128 cm³/mol. The summed E-state index contributed by atoms with van der Waals surface area (Å²) in [6.07, 6.45) is 3.51. The van der Waals surface area contributed by atoms with E-state index in [1.165, 1.54) is 0 Å². The van der Waals surface area contributed by atoms with Gasteiger partial charge in [-0.25, -0.2) is 4.79 Å². The molecule has 0 spiro atoms. The van der Waals surface area contributed by atoms with Gasteiger partial charge in [-0.2, -0.15) is 0 Å². The lowest BCUT2D eigenvalue weighted by molar-refractivity contribution is -0.130. The van der Waals surface area contributed by atoms with Crippen LogP contribution in [0.2, 0.25) is 0 Å². The minimum absolute atomic E-state index is 0.391. The number of methoxy groups -OCH3 is 1. The minimum atomic E-state index is -0.391. The van der Waals surface area contributed by atoms with E-state index in [0.29, 0.717) is 29.4 Å². The highest BCUT2D eigenvalue weighted by Crippen LogP contribution is 2.38. The van der Waals surface area contributed by atoms with Crippen LogP contribution in [0, 0.1) is 0 Å². The fourth-order valence-electron chi connectivity index (χ4n) is 3.12. The van der Waals surface area contributed by atoms with Gasteiger partial charge >= 0.3 is 5.97 Å². The van der Waals surface area contributed by atoms with Crippen LogP contribution in [-0.4, -0.2) is 13.1 Å². The van der Waals surface area contributed by atoms with Crippen molar-refractivity contribution in [2.75, 3.05) is 7.11 Å². The standard InChI is InChI=1S/C25H18Br2O4/c1-29-23-13-17(12-21(27)24(23)30-15-16-5-3-2-4-6-16)11-19-14-22(31-25(19)28)18-7-9-20(26)10-8-18/h2-14H,15H2,1H3/b19-11+. The van der Waals surface area contributed by atoms with Crippen molar-refractivity contribution in [3.63, 3.8) is 0 Å². The minimum Gasteiger partial charge on any atom is -0.493 e. The molecule has 1 aliphatic rings. The Hall–Kier alpha value is -2.83. The number of carbonyl (C=O) groups is 1. The normalized spacial score (nSPS) is 14.4. The molecule has 31 heavy (non-hydrogen) atoms. The number of carbonyl (C=O) groups excluding carboxylic acids is 1. The van der Waals surface area contributed by atoms with E-state index in [2.05, 4.69) is 31.9 Å². The van der Waals surface area contributed by atoms with Crippen LogP contribution in [-0.2, 0) is 16.1 Å². The highest BCUT2D eigenvalue weighted by molar-refractivity contribution is 9.10. The van der Waals surface area contributed by atoms with Gasteiger partial charge in [-0.1, -0.05) is 58.4 Å². The van der Waals surface area contributed by atoms with Crippen LogP contribution in [0.25, 0.3) is 11.8 Å². The number of hydrogen-bond acceptors (Lipinski definition) is 4. The van der Waals surface area contributed by atoms with Crippen LogP contribution in [0.4, 0.5) is 0 Å². The van der Waals surface area contributed by atoms with Gasteiger partial charge in [-0.3, -0.25) is 0 Å². The molecule has 0 aliphatic carbocycles. The Morgan fingerprint density at radius 2 is 1.74 bits per heavy atom. The molecular formula is C25H18Br2O4. The third kappa shape index (κ3) is 5.09. The van der Waals surface area contributed by atoms with Crippen molar-refractivity contribution in [1.82, 2.24) is 0 Å². The average Bonchev–Trinajstić information content (AvgIpc) is 3.14. The van der Waals surface area contributed by atoms with Gasteiger partial charge in [0.1, 0.15) is 12.4 Å². The third-order valence-corrected chi connectivity index (χ3v) is 5.77. The first-order chi connectivity index (χ1) is 15.0. The van der Waals surface area contributed by atoms with Crippen molar-refractivity contribution in [3.8, 4) is 11.5 Å². The van der Waals surface area contributed by atoms with Crippen molar-refractivity contribution >= 4 is 49.7 Å². The molecule has 1 heterocycles. The monoisotopic (exact) mass is 540 g/mol. The van der Waals surface area contributed by atoms with Crippen LogP contribution < -0.4 is 9.47 Å². The lowest BCUT2D eigenvalue weighted by Crippen LogP contribution is -1.99. The Bertz CT molecular complexity index is 1170. The molecule has 0 bridgehead atoms. The summed E-state index contributed by atoms with van der Waals surface area (Å²) in [5, 5.41) is 0. The summed E-state index contributed by atoms with van der Waals surface area (Å²) in [4.78, 5) is 12.4. The molecule has 0 amide bonds. The summed E-state index contributed by atoms with van der Waals surface area (Å²) in [6.45, 7) is 0.419. The fourth-order valence-corrected chi connectivity index (χ4v) is 3.96. The summed E-state index contributed by atoms with van der Waals surface area (Å²) >= 11 is 6.97. The number of esters is 1. The number of ether oxygens (including phenoxy) is 3. The Morgan fingerprint density at radius 3 is 2.45 bits per heavy atom. The van der Waals surface area contributed by atoms with E-state index in [1.807, 2.05) is 66.7 Å². The summed E-state index contributed by atoms with van der Waals surface area (Å²) in [5.74, 6) is 1.31. The van der Waals surface area contributed by atoms with Crippen molar-refractivity contribution in [3.05, 3.63) is 104 Å². The maximum atomic E-state index is 12.4. The van der Waals surface area contributed by atoms with E-state index in [1.54, 1.807) is 19.3 Å². The molecule has 0 unspecified atom stereocenters. The van der Waals surface area contributed by atoms with Gasteiger partial charge in [-0.15, -0.1) is 0 Å². The predicted octanol–water partition coefficient (Wildman–Crippen LogP) is 6.78. The molecule has 3 aromatic carbocycles. The second-order valence-corrected chi connectivity index (χ2v) is 8.58. The zero-order chi connectivity index (χ0) is 21.8. The molecule has 0 N–H and O–H groups in total. The first kappa shape index (κ1) is 21.4. The van der Waals surface area contributed by atoms with Gasteiger partial charge in [0.05, 0.1) is 17.2 Å². The van der Waals surface area contributed by atoms with Crippen LogP contribution in [0.5, 0.6) is 11.5 Å². The first-order valence-electron chi connectivity index (χ1n) is 9.49. The third-order valence-electron chi connectivity index (χ3n) is 4.65. The molecule has 0 atom stereocenters. The summed E-state index contributed by atoms with van der Waals surface area (Å²) in [5.41, 5.74) is 3.14. The smallest absolute Gasteiger partial charge is 0.343 e. The number of halogens is 2. The highest BCUT2D eigenvalue weighted by atomic mass is 79.9. The van der Waals surface area contributed by atoms with Crippen molar-refractivity contribution in [2.24, 2.45) is 0 Å². The second kappa shape index (κ2) is 9.54. The summed E-state index contributed by atoms with van der Waals surface area (Å²) in [7, 11) is 1.59. The Kier molecular flexibility index (Phi) is 6.59. The van der Waals surface area contributed by atoms with Crippen LogP contribution in [0.3, 0.4) is 0 Å². The Labute approximate surface area is 197 Å². The average molecular weight is 542 g/mol. The maximum Gasteiger partial charge on any atom is 0.343 e. The Balaban J connectivity index is 1.59. The zero-order valence-corrected chi connectivity index (χ0v) is 19.8. The van der Waals surface area contributed by atoms with Crippen molar-refractivity contribution < 1.29 is 19.0 Å². The number of cyclic esters (lactones) is 1. The molecular weight excluding hydrogens is 524 g/mol. The second-order valence-electron chi connectivity index (χ2n) is 6.81. The summed E-state index contributed by atoms with van der Waals surface area (Å²) < 4.78 is 18.6. The van der Waals surface area contributed by atoms with Gasteiger partial charge in [0.25, 0.3) is 0 Å². The number of hydrogen-bond donors (Lipinski definition) is 0. The van der Waals surface area contributed by atoms with E-state index >= 15 is 0 Å². The van der Waals surface area contributed by atoms with E-state index < -0.39 is 5.97 Å². The van der Waals surface area contributed by atoms with E-state index in [0.717, 1.165) is 25.6 Å². The molecule has 0 fully saturated rings. The lowest BCUT2D eigenvalue weighted by Gasteiger charge is -2.13. The van der Waals surface area contributed by atoms with E-state index in [4.69, 9.17) is 14.2 Å². The van der Waals surface area contributed by atoms with Crippen molar-refractivity contribution in [1.29, 1.82) is 0 Å². The highest BCUT2D eigenvalue weighted by Gasteiger charge is 2.22. The topological polar surface area (TPSA) is 44.8 Å². The number of rotatable bonds is 6. The quantitative estimate of drug-likeness (QED) is 0.255. The molecule has 0 aromatic heterocycles. The van der Waals surface area contributed by atoms with Gasteiger partial charge in [-0.05, 0) is 63.5 Å². The maximum absolute atomic E-state index is 12.4. The molecule has 6 heteroatoms. The fraction of sp³-hybridized carbons (Fsp3) is 0.0800. The van der Waals surface area contributed by atoms with Crippen molar-refractivity contribution in [2.45, 2.75) is 6.61 Å². The molecule has 4 rings (SSSR count). The van der Waals surface area contributed by atoms with Crippen LogP contribution in [0.15, 0.2) is 87.3 Å². The molecule has 156 valence electrons. The molecule has 0 saturated heterocycles. The zero-order valence-electron chi connectivity index (χ0n) is 16.6.